The third kappa shape index (κ3) is 4.56. The third-order valence-electron chi connectivity index (χ3n) is 5.22. The van der Waals surface area contributed by atoms with Crippen LogP contribution in [0.1, 0.15) is 23.4 Å². The molecule has 0 saturated carbocycles. The van der Waals surface area contributed by atoms with E-state index < -0.39 is 15.9 Å². The summed E-state index contributed by atoms with van der Waals surface area (Å²) >= 11 is 1.24. The molecule has 3 aromatic rings. The molecule has 2 aromatic heterocycles. The van der Waals surface area contributed by atoms with E-state index in [1.165, 1.54) is 27.8 Å². The van der Waals surface area contributed by atoms with Crippen molar-refractivity contribution < 1.29 is 17.6 Å². The first-order valence-corrected chi connectivity index (χ1v) is 12.2. The maximum Gasteiger partial charge on any atom is 0.252 e. The van der Waals surface area contributed by atoms with Crippen molar-refractivity contribution in [2.24, 2.45) is 5.92 Å². The standard InChI is InChI=1S/C21H23FN4O3S2/c1-14-12-19(26(24-14)18-8-6-17(22)7-9-18)23-21(27)16-4-3-11-25(13-16)31(28,29)20-10-5-15(2)30-20/h5-10,12,16H,3-4,11,13H2,1-2H3,(H,23,27). The molecule has 31 heavy (non-hydrogen) atoms. The second kappa shape index (κ2) is 8.52. The summed E-state index contributed by atoms with van der Waals surface area (Å²) in [6, 6.07) is 10.9. The summed E-state index contributed by atoms with van der Waals surface area (Å²) in [4.78, 5) is 13.9. The molecule has 1 aliphatic rings. The van der Waals surface area contributed by atoms with Crippen LogP contribution < -0.4 is 5.32 Å². The molecule has 1 unspecified atom stereocenters. The Kier molecular flexibility index (Phi) is 5.96. The lowest BCUT2D eigenvalue weighted by molar-refractivity contribution is -0.120. The fraction of sp³-hybridized carbons (Fsp3) is 0.333. The van der Waals surface area contributed by atoms with Gasteiger partial charge in [-0.2, -0.15) is 9.40 Å². The molecule has 4 rings (SSSR count). The zero-order chi connectivity index (χ0) is 22.2. The monoisotopic (exact) mass is 462 g/mol. The van der Waals surface area contributed by atoms with Gasteiger partial charge >= 0.3 is 0 Å². The molecule has 1 saturated heterocycles. The van der Waals surface area contributed by atoms with Crippen LogP contribution in [0.4, 0.5) is 10.2 Å². The van der Waals surface area contributed by atoms with E-state index >= 15 is 0 Å². The third-order valence-corrected chi connectivity index (χ3v) is 8.55. The maximum atomic E-state index is 13.3. The molecule has 1 N–H and O–H groups in total. The minimum absolute atomic E-state index is 0.134. The van der Waals surface area contributed by atoms with Crippen molar-refractivity contribution in [2.75, 3.05) is 18.4 Å². The minimum atomic E-state index is -3.61. The van der Waals surface area contributed by atoms with Crippen molar-refractivity contribution in [1.29, 1.82) is 0 Å². The molecule has 1 aromatic carbocycles. The largest absolute Gasteiger partial charge is 0.310 e. The first-order chi connectivity index (χ1) is 14.7. The van der Waals surface area contributed by atoms with Gasteiger partial charge in [0.05, 0.1) is 17.3 Å². The number of nitrogens with one attached hydrogen (secondary N) is 1. The summed E-state index contributed by atoms with van der Waals surface area (Å²) in [5, 5.41) is 7.26. The second-order valence-corrected chi connectivity index (χ2v) is 11.1. The number of piperidine rings is 1. The number of hydrogen-bond acceptors (Lipinski definition) is 5. The quantitative estimate of drug-likeness (QED) is 0.626. The predicted molar refractivity (Wildman–Crippen MR) is 117 cm³/mol. The van der Waals surface area contributed by atoms with E-state index in [1.54, 1.807) is 41.9 Å². The van der Waals surface area contributed by atoms with Crippen molar-refractivity contribution in [2.45, 2.75) is 30.9 Å². The first kappa shape index (κ1) is 21.7. The Hall–Kier alpha value is -2.56. The van der Waals surface area contributed by atoms with Gasteiger partial charge in [0.25, 0.3) is 10.0 Å². The molecule has 0 aliphatic carbocycles. The number of hydrogen-bond donors (Lipinski definition) is 1. The Bertz CT molecular complexity index is 1200. The van der Waals surface area contributed by atoms with E-state index in [1.807, 2.05) is 6.92 Å². The van der Waals surface area contributed by atoms with Crippen LogP contribution in [0, 0.1) is 25.6 Å². The SMILES string of the molecule is Cc1cc(NC(=O)C2CCCN(S(=O)(=O)c3ccc(C)s3)C2)n(-c2ccc(F)cc2)n1. The Balaban J connectivity index is 1.51. The summed E-state index contributed by atoms with van der Waals surface area (Å²) in [6.07, 6.45) is 1.21. The first-order valence-electron chi connectivity index (χ1n) is 9.94. The molecule has 0 spiro atoms. The molecule has 1 aliphatic heterocycles. The molecule has 10 heteroatoms. The van der Waals surface area contributed by atoms with Crippen molar-refractivity contribution in [3.8, 4) is 5.69 Å². The number of aryl methyl sites for hydroxylation is 2. The van der Waals surface area contributed by atoms with Gasteiger partial charge in [-0.3, -0.25) is 4.79 Å². The minimum Gasteiger partial charge on any atom is -0.310 e. The molecular formula is C21H23FN4O3S2. The molecule has 7 nitrogen and oxygen atoms in total. The van der Waals surface area contributed by atoms with E-state index in [9.17, 15) is 17.6 Å². The van der Waals surface area contributed by atoms with Crippen molar-refractivity contribution in [3.05, 3.63) is 58.9 Å². The fourth-order valence-corrected chi connectivity index (χ4v) is 6.61. The van der Waals surface area contributed by atoms with Gasteiger partial charge in [0.2, 0.25) is 5.91 Å². The van der Waals surface area contributed by atoms with Gasteiger partial charge in [-0.05, 0) is 63.1 Å². The van der Waals surface area contributed by atoms with Crippen LogP contribution in [0.5, 0.6) is 0 Å². The van der Waals surface area contributed by atoms with Gasteiger partial charge in [-0.15, -0.1) is 11.3 Å². The Morgan fingerprint density at radius 1 is 1.19 bits per heavy atom. The van der Waals surface area contributed by atoms with Crippen LogP contribution in [-0.2, 0) is 14.8 Å². The summed E-state index contributed by atoms with van der Waals surface area (Å²) in [5.41, 5.74) is 1.31. The summed E-state index contributed by atoms with van der Waals surface area (Å²) in [7, 11) is -3.61. The smallest absolute Gasteiger partial charge is 0.252 e. The Morgan fingerprint density at radius 2 is 1.94 bits per heavy atom. The molecule has 1 amide bonds. The molecule has 164 valence electrons. The van der Waals surface area contributed by atoms with E-state index in [2.05, 4.69) is 10.4 Å². The Labute approximate surface area is 184 Å². The van der Waals surface area contributed by atoms with Crippen molar-refractivity contribution in [3.63, 3.8) is 0 Å². The number of amides is 1. The van der Waals surface area contributed by atoms with E-state index in [4.69, 9.17) is 0 Å². The average molecular weight is 463 g/mol. The number of halogens is 1. The number of carbonyl (C=O) groups is 1. The zero-order valence-electron chi connectivity index (χ0n) is 17.2. The molecular weight excluding hydrogens is 439 g/mol. The average Bonchev–Trinajstić information content (AvgIpc) is 3.34. The second-order valence-electron chi connectivity index (χ2n) is 7.62. The topological polar surface area (TPSA) is 84.3 Å². The molecule has 0 radical (unpaired) electrons. The highest BCUT2D eigenvalue weighted by molar-refractivity contribution is 7.91. The van der Waals surface area contributed by atoms with Crippen LogP contribution in [0.15, 0.2) is 46.7 Å². The number of carbonyl (C=O) groups excluding carboxylic acids is 1. The summed E-state index contributed by atoms with van der Waals surface area (Å²) < 4.78 is 42.4. The van der Waals surface area contributed by atoms with Gasteiger partial charge < -0.3 is 5.32 Å². The van der Waals surface area contributed by atoms with Crippen molar-refractivity contribution >= 4 is 33.1 Å². The Morgan fingerprint density at radius 3 is 2.61 bits per heavy atom. The van der Waals surface area contributed by atoms with Crippen LogP contribution >= 0.6 is 11.3 Å². The highest BCUT2D eigenvalue weighted by Gasteiger charge is 2.34. The number of thiophene rings is 1. The summed E-state index contributed by atoms with van der Waals surface area (Å²) in [6.45, 7) is 4.19. The van der Waals surface area contributed by atoms with Gasteiger partial charge in [-0.25, -0.2) is 17.5 Å². The zero-order valence-corrected chi connectivity index (χ0v) is 18.8. The van der Waals surface area contributed by atoms with E-state index in [-0.39, 0.29) is 18.3 Å². The highest BCUT2D eigenvalue weighted by atomic mass is 32.2. The van der Waals surface area contributed by atoms with E-state index in [0.717, 1.165) is 4.88 Å². The number of aromatic nitrogens is 2. The number of rotatable bonds is 5. The number of nitrogens with zero attached hydrogens (tertiary/aromatic N) is 3. The molecule has 0 bridgehead atoms. The molecule has 1 atom stereocenters. The van der Waals surface area contributed by atoms with Gasteiger partial charge in [0.15, 0.2) is 0 Å². The highest BCUT2D eigenvalue weighted by Crippen LogP contribution is 2.29. The van der Waals surface area contributed by atoms with Gasteiger partial charge in [0, 0.05) is 24.0 Å². The predicted octanol–water partition coefficient (Wildman–Crippen LogP) is 3.73. The van der Waals surface area contributed by atoms with Gasteiger partial charge in [0.1, 0.15) is 15.8 Å². The van der Waals surface area contributed by atoms with Crippen LogP contribution in [-0.4, -0.2) is 41.5 Å². The number of benzene rings is 1. The van der Waals surface area contributed by atoms with Crippen LogP contribution in [0.3, 0.4) is 0 Å². The maximum absolute atomic E-state index is 13.3. The van der Waals surface area contributed by atoms with Crippen LogP contribution in [0.25, 0.3) is 5.69 Å². The van der Waals surface area contributed by atoms with E-state index in [0.29, 0.717) is 40.8 Å². The molecule has 3 heterocycles. The fourth-order valence-electron chi connectivity index (χ4n) is 3.65. The summed E-state index contributed by atoms with van der Waals surface area (Å²) in [5.74, 6) is -0.627. The molecule has 1 fully saturated rings. The lowest BCUT2D eigenvalue weighted by atomic mass is 9.99. The lowest BCUT2D eigenvalue weighted by Crippen LogP contribution is -2.43. The lowest BCUT2D eigenvalue weighted by Gasteiger charge is -2.30. The number of sulfonamides is 1. The van der Waals surface area contributed by atoms with Crippen LogP contribution in [0.2, 0.25) is 0 Å². The number of anilines is 1. The normalized spacial score (nSPS) is 17.6. The van der Waals surface area contributed by atoms with Crippen molar-refractivity contribution in [1.82, 2.24) is 14.1 Å². The van der Waals surface area contributed by atoms with Gasteiger partial charge in [-0.1, -0.05) is 0 Å².